The minimum Gasteiger partial charge on any atom is -0.491 e. The van der Waals surface area contributed by atoms with Gasteiger partial charge < -0.3 is 26.4 Å². The van der Waals surface area contributed by atoms with Gasteiger partial charge in [0.15, 0.2) is 0 Å². The topological polar surface area (TPSA) is 106 Å². The average molecular weight is 474 g/mol. The first-order valence-electron chi connectivity index (χ1n) is 10.8. The van der Waals surface area contributed by atoms with E-state index in [0.29, 0.717) is 35.9 Å². The van der Waals surface area contributed by atoms with Gasteiger partial charge >= 0.3 is 0 Å². The molecule has 33 heavy (non-hydrogen) atoms. The van der Waals surface area contributed by atoms with E-state index in [4.69, 9.17) is 16.2 Å². The quantitative estimate of drug-likeness (QED) is 0.538. The summed E-state index contributed by atoms with van der Waals surface area (Å²) >= 11 is 1.28. The number of fused-ring (bicyclic) bond motifs is 2. The van der Waals surface area contributed by atoms with E-state index in [0.717, 1.165) is 27.2 Å². The number of alkyl halides is 2. The van der Waals surface area contributed by atoms with Crippen LogP contribution in [0.1, 0.15) is 20.9 Å². The SMILES string of the molecule is Cc1ccc2c(N)c(C(=O)N[C@H]3COc4cc(N5CC(C(F)F)[C@H](N)C5)ccc4C3)sc2n1. The van der Waals surface area contributed by atoms with Crippen LogP contribution < -0.4 is 26.4 Å². The van der Waals surface area contributed by atoms with Crippen molar-refractivity contribution in [1.82, 2.24) is 10.3 Å². The lowest BCUT2D eigenvalue weighted by Crippen LogP contribution is -2.42. The summed E-state index contributed by atoms with van der Waals surface area (Å²) in [5, 5.41) is 3.80. The molecular formula is C23H25F2N5O2S. The van der Waals surface area contributed by atoms with Crippen molar-refractivity contribution >= 4 is 38.8 Å². The number of nitrogen functional groups attached to an aromatic ring is 1. The van der Waals surface area contributed by atoms with Crippen molar-refractivity contribution in [1.29, 1.82) is 0 Å². The number of nitrogens with two attached hydrogens (primary N) is 2. The van der Waals surface area contributed by atoms with Crippen LogP contribution in [0.25, 0.3) is 10.2 Å². The van der Waals surface area contributed by atoms with E-state index in [9.17, 15) is 13.6 Å². The second-order valence-corrected chi connectivity index (χ2v) is 9.69. The van der Waals surface area contributed by atoms with E-state index < -0.39 is 18.4 Å². The molecule has 3 aromatic rings. The number of thiophene rings is 1. The Labute approximate surface area is 193 Å². The second-order valence-electron chi connectivity index (χ2n) is 8.69. The summed E-state index contributed by atoms with van der Waals surface area (Å²) in [5.74, 6) is -0.374. The highest BCUT2D eigenvalue weighted by Gasteiger charge is 2.37. The van der Waals surface area contributed by atoms with Crippen LogP contribution in [0.15, 0.2) is 30.3 Å². The molecule has 10 heteroatoms. The molecule has 3 atom stereocenters. The third kappa shape index (κ3) is 4.08. The van der Waals surface area contributed by atoms with Crippen LogP contribution in [0, 0.1) is 12.8 Å². The summed E-state index contributed by atoms with van der Waals surface area (Å²) in [7, 11) is 0. The Morgan fingerprint density at radius 2 is 2.12 bits per heavy atom. The molecule has 2 aliphatic rings. The highest BCUT2D eigenvalue weighted by atomic mass is 32.1. The van der Waals surface area contributed by atoms with Crippen molar-refractivity contribution in [2.24, 2.45) is 11.7 Å². The molecule has 4 heterocycles. The van der Waals surface area contributed by atoms with Gasteiger partial charge in [0.05, 0.1) is 17.6 Å². The van der Waals surface area contributed by atoms with Crippen LogP contribution in [0.2, 0.25) is 0 Å². The van der Waals surface area contributed by atoms with Crippen LogP contribution in [0.4, 0.5) is 20.2 Å². The fourth-order valence-electron chi connectivity index (χ4n) is 4.49. The largest absolute Gasteiger partial charge is 0.491 e. The predicted molar refractivity (Wildman–Crippen MR) is 125 cm³/mol. The first-order valence-corrected chi connectivity index (χ1v) is 11.6. The van der Waals surface area contributed by atoms with Gasteiger partial charge in [-0.2, -0.15) is 0 Å². The average Bonchev–Trinajstić information content (AvgIpc) is 3.33. The van der Waals surface area contributed by atoms with E-state index in [2.05, 4.69) is 10.3 Å². The van der Waals surface area contributed by atoms with E-state index >= 15 is 0 Å². The molecule has 0 saturated carbocycles. The Morgan fingerprint density at radius 1 is 1.30 bits per heavy atom. The van der Waals surface area contributed by atoms with Crippen molar-refractivity contribution in [2.75, 3.05) is 30.3 Å². The number of ether oxygens (including phenoxy) is 1. The Balaban J connectivity index is 1.27. The molecule has 1 aromatic carbocycles. The van der Waals surface area contributed by atoms with Crippen molar-refractivity contribution < 1.29 is 18.3 Å². The van der Waals surface area contributed by atoms with E-state index in [1.165, 1.54) is 11.3 Å². The van der Waals surface area contributed by atoms with Crippen molar-refractivity contribution in [2.45, 2.75) is 31.9 Å². The normalized spacial score (nSPS) is 22.5. The lowest BCUT2D eigenvalue weighted by molar-refractivity contribution is 0.0804. The molecule has 1 amide bonds. The number of halogens is 2. The fraction of sp³-hybridized carbons (Fsp3) is 0.391. The fourth-order valence-corrected chi connectivity index (χ4v) is 5.53. The number of rotatable bonds is 4. The Kier molecular flexibility index (Phi) is 5.57. The molecule has 0 spiro atoms. The van der Waals surface area contributed by atoms with Gasteiger partial charge in [0, 0.05) is 42.0 Å². The summed E-state index contributed by atoms with van der Waals surface area (Å²) < 4.78 is 32.2. The summed E-state index contributed by atoms with van der Waals surface area (Å²) in [6, 6.07) is 8.67. The lowest BCUT2D eigenvalue weighted by Gasteiger charge is -2.28. The van der Waals surface area contributed by atoms with Gasteiger partial charge in [-0.15, -0.1) is 11.3 Å². The molecule has 5 N–H and O–H groups in total. The monoisotopic (exact) mass is 473 g/mol. The summed E-state index contributed by atoms with van der Waals surface area (Å²) in [6.45, 7) is 2.81. The molecule has 1 fully saturated rings. The molecule has 5 rings (SSSR count). The van der Waals surface area contributed by atoms with Gasteiger partial charge in [-0.25, -0.2) is 13.8 Å². The number of amides is 1. The summed E-state index contributed by atoms with van der Waals surface area (Å²) in [4.78, 5) is 20.4. The number of carbonyl (C=O) groups excluding carboxylic acids is 1. The number of anilines is 2. The molecule has 7 nitrogen and oxygen atoms in total. The molecule has 1 unspecified atom stereocenters. The minimum absolute atomic E-state index is 0.210. The Hall–Kier alpha value is -2.98. The van der Waals surface area contributed by atoms with Gasteiger partial charge in [0.2, 0.25) is 6.43 Å². The van der Waals surface area contributed by atoms with Gasteiger partial charge in [-0.3, -0.25) is 4.79 Å². The van der Waals surface area contributed by atoms with Crippen molar-refractivity contribution in [3.8, 4) is 5.75 Å². The maximum absolute atomic E-state index is 13.1. The van der Waals surface area contributed by atoms with Crippen molar-refractivity contribution in [3.05, 3.63) is 46.5 Å². The molecule has 0 bridgehead atoms. The zero-order chi connectivity index (χ0) is 23.3. The smallest absolute Gasteiger partial charge is 0.263 e. The highest BCUT2D eigenvalue weighted by Crippen LogP contribution is 2.35. The highest BCUT2D eigenvalue weighted by molar-refractivity contribution is 7.21. The van der Waals surface area contributed by atoms with Crippen molar-refractivity contribution in [3.63, 3.8) is 0 Å². The van der Waals surface area contributed by atoms with Gasteiger partial charge in [-0.1, -0.05) is 6.07 Å². The lowest BCUT2D eigenvalue weighted by atomic mass is 10.0. The first kappa shape index (κ1) is 21.8. The third-order valence-electron chi connectivity index (χ3n) is 6.33. The molecule has 0 radical (unpaired) electrons. The maximum atomic E-state index is 13.1. The van der Waals surface area contributed by atoms with E-state index in [1.807, 2.05) is 42.2 Å². The zero-order valence-electron chi connectivity index (χ0n) is 18.1. The van der Waals surface area contributed by atoms with Gasteiger partial charge in [-0.05, 0) is 37.1 Å². The molecule has 1 saturated heterocycles. The van der Waals surface area contributed by atoms with Crippen LogP contribution in [-0.4, -0.2) is 49.1 Å². The van der Waals surface area contributed by atoms with E-state index in [1.54, 1.807) is 0 Å². The van der Waals surface area contributed by atoms with Crippen LogP contribution in [0.5, 0.6) is 5.75 Å². The van der Waals surface area contributed by atoms with Gasteiger partial charge in [0.25, 0.3) is 5.91 Å². The molecular weight excluding hydrogens is 448 g/mol. The second kappa shape index (κ2) is 8.42. The number of hydrogen-bond acceptors (Lipinski definition) is 7. The molecule has 2 aromatic heterocycles. The number of pyridine rings is 1. The molecule has 174 valence electrons. The zero-order valence-corrected chi connectivity index (χ0v) is 18.9. The number of carbonyl (C=O) groups is 1. The number of aromatic nitrogens is 1. The predicted octanol–water partition coefficient (Wildman–Crippen LogP) is 2.95. The summed E-state index contributed by atoms with van der Waals surface area (Å²) in [5.41, 5.74) is 15.2. The Morgan fingerprint density at radius 3 is 2.88 bits per heavy atom. The standard InChI is InChI=1S/C23H25F2N5O2S/c1-11-2-5-15-19(27)20(33-23(15)28-11)22(31)29-13-6-12-3-4-14(7-18(12)32-10-13)30-8-16(21(24)25)17(26)9-30/h2-5,7,13,16-17,21H,6,8-10,26-27H2,1H3,(H,29,31)/t13-,16?,17-/m1/s1. The van der Waals surface area contributed by atoms with E-state index in [-0.39, 0.29) is 18.5 Å². The number of aryl methyl sites for hydroxylation is 1. The molecule has 2 aliphatic heterocycles. The van der Waals surface area contributed by atoms with Crippen LogP contribution in [-0.2, 0) is 6.42 Å². The molecule has 0 aliphatic carbocycles. The number of nitrogens with zero attached hydrogens (tertiary/aromatic N) is 2. The third-order valence-corrected chi connectivity index (χ3v) is 7.45. The summed E-state index contributed by atoms with van der Waals surface area (Å²) in [6.07, 6.45) is -1.83. The van der Waals surface area contributed by atoms with Gasteiger partial charge in [0.1, 0.15) is 22.1 Å². The minimum atomic E-state index is -2.43. The van der Waals surface area contributed by atoms with Crippen LogP contribution in [0.3, 0.4) is 0 Å². The number of nitrogens with one attached hydrogen (secondary N) is 1. The van der Waals surface area contributed by atoms with Crippen LogP contribution >= 0.6 is 11.3 Å². The maximum Gasteiger partial charge on any atom is 0.263 e. The first-order chi connectivity index (χ1) is 15.8. The Bertz CT molecular complexity index is 1220. The number of hydrogen-bond donors (Lipinski definition) is 3. The number of benzene rings is 1.